The Balaban J connectivity index is 1.12. The van der Waals surface area contributed by atoms with E-state index in [0.29, 0.717) is 0 Å². The maximum atomic E-state index is 2.51. The van der Waals surface area contributed by atoms with Crippen molar-refractivity contribution in [3.05, 3.63) is 181 Å². The molecule has 1 aliphatic rings. The molecule has 0 spiro atoms. The number of nitrogens with zero attached hydrogens (tertiary/aromatic N) is 2. The van der Waals surface area contributed by atoms with E-state index in [1.54, 1.807) is 0 Å². The summed E-state index contributed by atoms with van der Waals surface area (Å²) < 4.78 is 5.18. The third-order valence-electron chi connectivity index (χ3n) is 12.1. The van der Waals surface area contributed by atoms with Gasteiger partial charge in [0, 0.05) is 58.5 Å². The van der Waals surface area contributed by atoms with E-state index in [1.807, 2.05) is 11.3 Å². The molecule has 8 aromatic carbocycles. The summed E-state index contributed by atoms with van der Waals surface area (Å²) in [6, 6.07) is 63.3. The molecule has 0 atom stereocenters. The number of rotatable bonds is 4. The first-order chi connectivity index (χ1) is 26.6. The molecule has 0 unspecified atom stereocenters. The van der Waals surface area contributed by atoms with E-state index >= 15 is 0 Å². The van der Waals surface area contributed by atoms with E-state index in [4.69, 9.17) is 0 Å². The molecule has 0 bridgehead atoms. The second kappa shape index (κ2) is 10.8. The van der Waals surface area contributed by atoms with Gasteiger partial charge in [0.2, 0.25) is 0 Å². The molecule has 12 rings (SSSR count). The van der Waals surface area contributed by atoms with Crippen molar-refractivity contribution in [1.29, 1.82) is 0 Å². The van der Waals surface area contributed by atoms with Crippen LogP contribution in [0.15, 0.2) is 170 Å². The molecule has 0 N–H and O–H groups in total. The van der Waals surface area contributed by atoms with Crippen LogP contribution in [-0.2, 0) is 5.41 Å². The Morgan fingerprint density at radius 2 is 1.07 bits per heavy atom. The molecule has 3 aromatic heterocycles. The van der Waals surface area contributed by atoms with Gasteiger partial charge in [-0.2, -0.15) is 0 Å². The summed E-state index contributed by atoms with van der Waals surface area (Å²) in [5.41, 5.74) is 15.1. The maximum absolute atomic E-state index is 2.51. The van der Waals surface area contributed by atoms with E-state index in [-0.39, 0.29) is 5.41 Å². The second-order valence-electron chi connectivity index (χ2n) is 15.3. The van der Waals surface area contributed by atoms with Gasteiger partial charge in [-0.15, -0.1) is 11.3 Å². The van der Waals surface area contributed by atoms with Crippen LogP contribution in [0, 0.1) is 0 Å². The Labute approximate surface area is 317 Å². The highest BCUT2D eigenvalue weighted by molar-refractivity contribution is 7.26. The largest absolute Gasteiger partial charge is 0.308 e. The molecule has 0 saturated carbocycles. The van der Waals surface area contributed by atoms with Crippen molar-refractivity contribution in [1.82, 2.24) is 4.40 Å². The topological polar surface area (TPSA) is 7.65 Å². The number of thiophene rings is 1. The molecular formula is C51H34N2S. The number of benzene rings is 8. The molecule has 2 nitrogen and oxygen atoms in total. The fourth-order valence-electron chi connectivity index (χ4n) is 9.67. The predicted molar refractivity (Wildman–Crippen MR) is 232 cm³/mol. The zero-order valence-electron chi connectivity index (χ0n) is 30.0. The van der Waals surface area contributed by atoms with E-state index < -0.39 is 0 Å². The van der Waals surface area contributed by atoms with Crippen LogP contribution < -0.4 is 4.90 Å². The summed E-state index contributed by atoms with van der Waals surface area (Å²) in [5, 5.41) is 7.80. The van der Waals surface area contributed by atoms with Crippen LogP contribution in [0.25, 0.3) is 80.5 Å². The van der Waals surface area contributed by atoms with Crippen LogP contribution in [-0.4, -0.2) is 4.40 Å². The van der Waals surface area contributed by atoms with E-state index in [0.717, 1.165) is 17.1 Å². The molecule has 254 valence electrons. The second-order valence-corrected chi connectivity index (χ2v) is 16.3. The Hall–Kier alpha value is -6.42. The third-order valence-corrected chi connectivity index (χ3v) is 13.4. The van der Waals surface area contributed by atoms with Crippen LogP contribution in [0.4, 0.5) is 17.1 Å². The fourth-order valence-corrected chi connectivity index (χ4v) is 10.9. The minimum atomic E-state index is -0.0597. The van der Waals surface area contributed by atoms with Crippen molar-refractivity contribution >= 4 is 86.7 Å². The first-order valence-corrected chi connectivity index (χ1v) is 19.6. The van der Waals surface area contributed by atoms with Gasteiger partial charge in [-0.25, -0.2) is 0 Å². The summed E-state index contributed by atoms with van der Waals surface area (Å²) in [4.78, 5) is 2.49. The number of aromatic nitrogens is 1. The summed E-state index contributed by atoms with van der Waals surface area (Å²) in [5.74, 6) is 0. The minimum Gasteiger partial charge on any atom is -0.308 e. The first-order valence-electron chi connectivity index (χ1n) is 18.8. The zero-order chi connectivity index (χ0) is 35.7. The van der Waals surface area contributed by atoms with Gasteiger partial charge in [-0.3, -0.25) is 0 Å². The lowest BCUT2D eigenvalue weighted by Gasteiger charge is -2.28. The Morgan fingerprint density at radius 3 is 1.94 bits per heavy atom. The average molecular weight is 707 g/mol. The van der Waals surface area contributed by atoms with Gasteiger partial charge in [-0.1, -0.05) is 141 Å². The number of hydrogen-bond acceptors (Lipinski definition) is 2. The van der Waals surface area contributed by atoms with Gasteiger partial charge in [0.05, 0.1) is 22.2 Å². The van der Waals surface area contributed by atoms with E-state index in [2.05, 4.69) is 193 Å². The molecule has 11 aromatic rings. The summed E-state index contributed by atoms with van der Waals surface area (Å²) in [6.45, 7) is 4.71. The molecule has 0 saturated heterocycles. The lowest BCUT2D eigenvalue weighted by Crippen LogP contribution is -2.15. The van der Waals surface area contributed by atoms with Gasteiger partial charge in [0.15, 0.2) is 0 Å². The molecule has 0 radical (unpaired) electrons. The number of para-hydroxylation sites is 3. The SMILES string of the molecule is CC1(C)c2ccccc2-c2cc(N(c3ccc(-c4cccc5c4sc4ccccc45)cc3)c3cccc4c5cccc6c7ccccc7n(c34)c65)ccc21. The Morgan fingerprint density at radius 1 is 0.463 bits per heavy atom. The summed E-state index contributed by atoms with van der Waals surface area (Å²) >= 11 is 1.89. The fraction of sp³-hybridized carbons (Fsp3) is 0.0588. The van der Waals surface area contributed by atoms with Crippen molar-refractivity contribution in [2.45, 2.75) is 19.3 Å². The zero-order valence-corrected chi connectivity index (χ0v) is 30.8. The van der Waals surface area contributed by atoms with Crippen LogP contribution in [0.5, 0.6) is 0 Å². The third kappa shape index (κ3) is 3.94. The van der Waals surface area contributed by atoms with Crippen molar-refractivity contribution in [3.8, 4) is 22.3 Å². The Bertz CT molecular complexity index is 3310. The smallest absolute Gasteiger partial charge is 0.0782 e. The van der Waals surface area contributed by atoms with Gasteiger partial charge in [-0.05, 0) is 75.8 Å². The van der Waals surface area contributed by atoms with Gasteiger partial charge >= 0.3 is 0 Å². The van der Waals surface area contributed by atoms with Gasteiger partial charge in [0.1, 0.15) is 0 Å². The summed E-state index contributed by atoms with van der Waals surface area (Å²) in [7, 11) is 0. The standard InChI is InChI=1S/C51H34N2S/c1-51(2)43-20-6-3-12-35(43)42-30-33(28-29-44(42)51)52(32-26-24-31(25-27-32)34-15-9-19-41-37-14-5-8-23-47(37)54-50(34)41)46-22-11-18-40-39-17-10-16-38-36-13-4-7-21-45(36)53(48(38)39)49(40)46/h3-30H,1-2H3. The van der Waals surface area contributed by atoms with Crippen molar-refractivity contribution in [2.24, 2.45) is 0 Å². The summed E-state index contributed by atoms with van der Waals surface area (Å²) in [6.07, 6.45) is 0. The van der Waals surface area contributed by atoms with Gasteiger partial charge < -0.3 is 9.30 Å². The van der Waals surface area contributed by atoms with Gasteiger partial charge in [0.25, 0.3) is 0 Å². The molecule has 0 fully saturated rings. The molecular weight excluding hydrogens is 673 g/mol. The number of fused-ring (bicyclic) bond motifs is 12. The minimum absolute atomic E-state index is 0.0597. The highest BCUT2D eigenvalue weighted by Gasteiger charge is 2.36. The van der Waals surface area contributed by atoms with Crippen molar-refractivity contribution in [2.75, 3.05) is 4.90 Å². The predicted octanol–water partition coefficient (Wildman–Crippen LogP) is 14.6. The molecule has 3 heteroatoms. The molecule has 3 heterocycles. The highest BCUT2D eigenvalue weighted by Crippen LogP contribution is 2.52. The van der Waals surface area contributed by atoms with E-state index in [9.17, 15) is 0 Å². The normalized spacial score (nSPS) is 13.5. The Kier molecular flexibility index (Phi) is 6.03. The van der Waals surface area contributed by atoms with Crippen molar-refractivity contribution in [3.63, 3.8) is 0 Å². The van der Waals surface area contributed by atoms with Crippen LogP contribution in [0.1, 0.15) is 25.0 Å². The average Bonchev–Trinajstić information content (AvgIpc) is 3.94. The number of anilines is 3. The molecule has 0 aliphatic heterocycles. The highest BCUT2D eigenvalue weighted by atomic mass is 32.1. The lowest BCUT2D eigenvalue weighted by atomic mass is 9.82. The molecule has 0 amide bonds. The quantitative estimate of drug-likeness (QED) is 0.177. The van der Waals surface area contributed by atoms with Crippen LogP contribution in [0.3, 0.4) is 0 Å². The van der Waals surface area contributed by atoms with Crippen LogP contribution >= 0.6 is 11.3 Å². The monoisotopic (exact) mass is 706 g/mol. The van der Waals surface area contributed by atoms with Crippen molar-refractivity contribution < 1.29 is 0 Å². The maximum Gasteiger partial charge on any atom is 0.0782 e. The van der Waals surface area contributed by atoms with E-state index in [1.165, 1.54) is 91.6 Å². The first kappa shape index (κ1) is 30.1. The number of hydrogen-bond donors (Lipinski definition) is 0. The van der Waals surface area contributed by atoms with Crippen LogP contribution in [0.2, 0.25) is 0 Å². The molecule has 54 heavy (non-hydrogen) atoms. The lowest BCUT2D eigenvalue weighted by molar-refractivity contribution is 0.660. The molecule has 1 aliphatic carbocycles.